The maximum Gasteiger partial charge on any atom is 0.328 e. The Hall–Kier alpha value is -3.88. The number of rotatable bonds is 6. The number of thiocarbonyl (C=S) groups is 1. The fourth-order valence-electron chi connectivity index (χ4n) is 3.92. The Bertz CT molecular complexity index is 1190. The van der Waals surface area contributed by atoms with E-state index in [9.17, 15) is 9.59 Å². The molecule has 0 radical (unpaired) electrons. The largest absolute Gasteiger partial charge is 0.493 e. The third-order valence-corrected chi connectivity index (χ3v) is 6.03. The summed E-state index contributed by atoms with van der Waals surface area (Å²) in [4.78, 5) is 42.2. The lowest BCUT2D eigenvalue weighted by Gasteiger charge is -2.30. The SMILES string of the molecule is COc1cc(C=C2C(=O)NC(=S)NC2=O)ccc1Oc1nc(N2CCOCC2)nc(N2CCOCC2)n1. The van der Waals surface area contributed by atoms with Gasteiger partial charge in [0.05, 0.1) is 33.5 Å². The lowest BCUT2D eigenvalue weighted by molar-refractivity contribution is -0.123. The summed E-state index contributed by atoms with van der Waals surface area (Å²) in [7, 11) is 1.49. The fraction of sp³-hybridized carbons (Fsp3) is 0.391. The van der Waals surface area contributed by atoms with Crippen LogP contribution in [0.15, 0.2) is 23.8 Å². The van der Waals surface area contributed by atoms with Gasteiger partial charge in [0, 0.05) is 26.2 Å². The van der Waals surface area contributed by atoms with E-state index in [0.29, 0.717) is 81.6 Å². The van der Waals surface area contributed by atoms with Crippen LogP contribution in [0.2, 0.25) is 0 Å². The minimum atomic E-state index is -0.579. The van der Waals surface area contributed by atoms with Crippen LogP contribution >= 0.6 is 12.2 Å². The Morgan fingerprint density at radius 1 is 0.892 bits per heavy atom. The van der Waals surface area contributed by atoms with Crippen LogP contribution in [-0.2, 0) is 19.1 Å². The van der Waals surface area contributed by atoms with Crippen LogP contribution in [0.5, 0.6) is 17.5 Å². The van der Waals surface area contributed by atoms with E-state index in [0.717, 1.165) is 0 Å². The van der Waals surface area contributed by atoms with Crippen LogP contribution in [0.3, 0.4) is 0 Å². The Morgan fingerprint density at radius 3 is 2.00 bits per heavy atom. The van der Waals surface area contributed by atoms with Gasteiger partial charge in [0.1, 0.15) is 5.57 Å². The van der Waals surface area contributed by atoms with Crippen molar-refractivity contribution in [1.82, 2.24) is 25.6 Å². The van der Waals surface area contributed by atoms with Gasteiger partial charge in [0.2, 0.25) is 11.9 Å². The lowest BCUT2D eigenvalue weighted by Crippen LogP contribution is -2.51. The molecule has 1 aromatic carbocycles. The fourth-order valence-corrected chi connectivity index (χ4v) is 4.11. The van der Waals surface area contributed by atoms with Crippen LogP contribution in [-0.4, -0.2) is 91.6 Å². The lowest BCUT2D eigenvalue weighted by atomic mass is 10.1. The van der Waals surface area contributed by atoms with Crippen LogP contribution in [0.4, 0.5) is 11.9 Å². The number of ether oxygens (including phenoxy) is 4. The van der Waals surface area contributed by atoms with E-state index < -0.39 is 11.8 Å². The number of morpholine rings is 2. The molecule has 194 valence electrons. The standard InChI is InChI=1S/C23H25N7O6S/c1-33-17-13-14(12-15-18(31)24-23(37)25-19(15)32)2-3-16(17)36-22-27-20(29-4-8-34-9-5-29)26-21(28-22)30-6-10-35-11-7-30/h2-3,12-13H,4-11H2,1H3,(H2,24,25,31,32,37). The molecule has 0 saturated carbocycles. The Balaban J connectivity index is 1.43. The summed E-state index contributed by atoms with van der Waals surface area (Å²) in [6, 6.07) is 5.09. The molecule has 37 heavy (non-hydrogen) atoms. The normalized spacial score (nSPS) is 18.3. The van der Waals surface area contributed by atoms with Crippen LogP contribution in [0, 0.1) is 0 Å². The number of carbonyl (C=O) groups excluding carboxylic acids is 2. The van der Waals surface area contributed by atoms with Crippen molar-refractivity contribution in [2.45, 2.75) is 0 Å². The molecule has 0 spiro atoms. The van der Waals surface area contributed by atoms with E-state index in [1.165, 1.54) is 13.2 Å². The molecule has 0 aliphatic carbocycles. The number of amides is 2. The molecule has 3 aliphatic rings. The monoisotopic (exact) mass is 527 g/mol. The molecule has 0 unspecified atom stereocenters. The van der Waals surface area contributed by atoms with Crippen molar-refractivity contribution < 1.29 is 28.5 Å². The number of nitrogens with one attached hydrogen (secondary N) is 2. The molecule has 2 amide bonds. The van der Waals surface area contributed by atoms with Gasteiger partial charge in [-0.3, -0.25) is 20.2 Å². The summed E-state index contributed by atoms with van der Waals surface area (Å²) in [6.45, 7) is 4.97. The van der Waals surface area contributed by atoms with Gasteiger partial charge in [-0.25, -0.2) is 0 Å². The summed E-state index contributed by atoms with van der Waals surface area (Å²) in [5.74, 6) is 0.567. The number of carbonyl (C=O) groups is 2. The molecular weight excluding hydrogens is 502 g/mol. The molecule has 1 aromatic heterocycles. The highest BCUT2D eigenvalue weighted by molar-refractivity contribution is 7.80. The van der Waals surface area contributed by atoms with Crippen molar-refractivity contribution >= 4 is 47.1 Å². The molecule has 3 saturated heterocycles. The summed E-state index contributed by atoms with van der Waals surface area (Å²) in [6.07, 6.45) is 1.44. The molecular formula is C23H25N7O6S. The van der Waals surface area contributed by atoms with Gasteiger partial charge < -0.3 is 28.7 Å². The topological polar surface area (TPSA) is 140 Å². The van der Waals surface area contributed by atoms with Crippen molar-refractivity contribution in [3.8, 4) is 17.5 Å². The van der Waals surface area contributed by atoms with Crippen LogP contribution < -0.4 is 29.9 Å². The molecule has 5 rings (SSSR count). The quantitative estimate of drug-likeness (QED) is 0.302. The van der Waals surface area contributed by atoms with Crippen molar-refractivity contribution in [3.05, 3.63) is 29.3 Å². The molecule has 3 aliphatic heterocycles. The second-order valence-electron chi connectivity index (χ2n) is 8.22. The first-order chi connectivity index (χ1) is 18.0. The van der Waals surface area contributed by atoms with Crippen molar-refractivity contribution in [1.29, 1.82) is 0 Å². The first kappa shape index (κ1) is 24.8. The zero-order valence-corrected chi connectivity index (χ0v) is 20.9. The van der Waals surface area contributed by atoms with Crippen molar-refractivity contribution in [2.24, 2.45) is 0 Å². The third-order valence-electron chi connectivity index (χ3n) is 5.82. The number of hydrogen-bond acceptors (Lipinski definition) is 12. The minimum absolute atomic E-state index is 0.0290. The predicted molar refractivity (Wildman–Crippen MR) is 136 cm³/mol. The Morgan fingerprint density at radius 2 is 1.46 bits per heavy atom. The molecule has 0 bridgehead atoms. The highest BCUT2D eigenvalue weighted by Gasteiger charge is 2.26. The van der Waals surface area contributed by atoms with Gasteiger partial charge in [0.25, 0.3) is 11.8 Å². The predicted octanol–water partition coefficient (Wildman–Crippen LogP) is 0.260. The molecule has 2 N–H and O–H groups in total. The molecule has 2 aromatic rings. The second-order valence-corrected chi connectivity index (χ2v) is 8.63. The van der Waals surface area contributed by atoms with E-state index in [-0.39, 0.29) is 16.7 Å². The van der Waals surface area contributed by atoms with E-state index in [1.807, 2.05) is 9.80 Å². The van der Waals surface area contributed by atoms with E-state index in [4.69, 9.17) is 31.2 Å². The zero-order valence-electron chi connectivity index (χ0n) is 20.1. The van der Waals surface area contributed by atoms with Crippen molar-refractivity contribution in [2.75, 3.05) is 69.5 Å². The van der Waals surface area contributed by atoms with E-state index in [1.54, 1.807) is 18.2 Å². The summed E-state index contributed by atoms with van der Waals surface area (Å²) in [5.41, 5.74) is 0.475. The Kier molecular flexibility index (Phi) is 7.39. The maximum atomic E-state index is 12.2. The highest BCUT2D eigenvalue weighted by Crippen LogP contribution is 2.33. The smallest absolute Gasteiger partial charge is 0.328 e. The van der Waals surface area contributed by atoms with Gasteiger partial charge in [-0.05, 0) is 36.0 Å². The third kappa shape index (κ3) is 5.76. The van der Waals surface area contributed by atoms with Gasteiger partial charge in [0.15, 0.2) is 16.6 Å². The Labute approximate surface area is 217 Å². The number of aromatic nitrogens is 3. The first-order valence-corrected chi connectivity index (χ1v) is 12.1. The maximum absolute atomic E-state index is 12.2. The number of methoxy groups -OCH3 is 1. The van der Waals surface area contributed by atoms with Crippen LogP contribution in [0.1, 0.15) is 5.56 Å². The molecule has 4 heterocycles. The average Bonchev–Trinajstić information content (AvgIpc) is 2.92. The molecule has 3 fully saturated rings. The molecule has 13 nitrogen and oxygen atoms in total. The number of anilines is 2. The second kappa shape index (κ2) is 11.0. The molecule has 0 atom stereocenters. The summed E-state index contributed by atoms with van der Waals surface area (Å²) >= 11 is 4.84. The zero-order chi connectivity index (χ0) is 25.8. The number of hydrogen-bond donors (Lipinski definition) is 2. The van der Waals surface area contributed by atoms with Gasteiger partial charge in [-0.15, -0.1) is 0 Å². The van der Waals surface area contributed by atoms with Gasteiger partial charge >= 0.3 is 6.01 Å². The van der Waals surface area contributed by atoms with E-state index >= 15 is 0 Å². The number of nitrogens with zero attached hydrogens (tertiary/aromatic N) is 5. The summed E-state index contributed by atoms with van der Waals surface area (Å²) in [5, 5.41) is 4.79. The highest BCUT2D eigenvalue weighted by atomic mass is 32.1. The molecule has 14 heteroatoms. The summed E-state index contributed by atoms with van der Waals surface area (Å²) < 4.78 is 22.5. The van der Waals surface area contributed by atoms with E-state index in [2.05, 4.69) is 25.6 Å². The van der Waals surface area contributed by atoms with Gasteiger partial charge in [-0.1, -0.05) is 6.07 Å². The minimum Gasteiger partial charge on any atom is -0.493 e. The number of benzene rings is 1. The average molecular weight is 528 g/mol. The van der Waals surface area contributed by atoms with Crippen molar-refractivity contribution in [3.63, 3.8) is 0 Å². The van der Waals surface area contributed by atoms with Gasteiger partial charge in [-0.2, -0.15) is 15.0 Å². The first-order valence-electron chi connectivity index (χ1n) is 11.7. The van der Waals surface area contributed by atoms with Crippen LogP contribution in [0.25, 0.3) is 6.08 Å².